The lowest BCUT2D eigenvalue weighted by Gasteiger charge is -2.43. The van der Waals surface area contributed by atoms with Gasteiger partial charge >= 0.3 is 0 Å². The molecule has 0 N–H and O–H groups in total. The molecule has 0 bridgehead atoms. The molecule has 0 saturated heterocycles. The highest BCUT2D eigenvalue weighted by atomic mass is 16.5. The Balaban J connectivity index is 1.99. The fraction of sp³-hybridized carbons (Fsp3) is 0.933. The molecule has 0 amide bonds. The first-order valence-electron chi connectivity index (χ1n) is 7.28. The van der Waals surface area contributed by atoms with Crippen LogP contribution in [-0.4, -0.2) is 12.7 Å². The van der Waals surface area contributed by atoms with E-state index < -0.39 is 0 Å². The first kappa shape index (κ1) is 12.4. The molecule has 16 heavy (non-hydrogen) atoms. The lowest BCUT2D eigenvalue weighted by Crippen LogP contribution is -2.40. The van der Waals surface area contributed by atoms with E-state index in [1.807, 2.05) is 7.11 Å². The molecule has 1 nitrogen and oxygen atoms in total. The van der Waals surface area contributed by atoms with Crippen molar-refractivity contribution >= 4 is 0 Å². The quantitative estimate of drug-likeness (QED) is 0.662. The summed E-state index contributed by atoms with van der Waals surface area (Å²) in [4.78, 5) is 0. The van der Waals surface area contributed by atoms with Crippen molar-refractivity contribution in [2.24, 2.45) is 0 Å². The Morgan fingerprint density at radius 3 is 1.81 bits per heavy atom. The number of rotatable bonds is 2. The molecule has 0 aromatic rings. The Kier molecular flexibility index (Phi) is 4.69. The maximum absolute atomic E-state index is 5.98. The maximum Gasteiger partial charge on any atom is 0.0741 e. The average molecular weight is 223 g/mol. The van der Waals surface area contributed by atoms with Crippen molar-refractivity contribution in [3.8, 4) is 0 Å². The molecule has 0 aromatic carbocycles. The van der Waals surface area contributed by atoms with E-state index in [1.54, 1.807) is 5.92 Å². The normalized spacial score (nSPS) is 28.3. The van der Waals surface area contributed by atoms with Gasteiger partial charge in [-0.25, -0.2) is 0 Å². The Morgan fingerprint density at radius 2 is 1.25 bits per heavy atom. The van der Waals surface area contributed by atoms with Crippen LogP contribution in [0.4, 0.5) is 0 Å². The molecule has 2 saturated carbocycles. The topological polar surface area (TPSA) is 9.23 Å². The molecule has 0 atom stereocenters. The van der Waals surface area contributed by atoms with Crippen molar-refractivity contribution in [3.05, 3.63) is 5.92 Å². The third-order valence-corrected chi connectivity index (χ3v) is 4.65. The van der Waals surface area contributed by atoms with Crippen LogP contribution in [-0.2, 0) is 4.74 Å². The molecule has 1 radical (unpaired) electrons. The minimum Gasteiger partial charge on any atom is -0.378 e. The van der Waals surface area contributed by atoms with Gasteiger partial charge in [0.15, 0.2) is 0 Å². The average Bonchev–Trinajstić information content (AvgIpc) is 2.29. The molecular weight excluding hydrogens is 196 g/mol. The van der Waals surface area contributed by atoms with Crippen LogP contribution >= 0.6 is 0 Å². The fourth-order valence-electron chi connectivity index (χ4n) is 3.61. The van der Waals surface area contributed by atoms with Crippen molar-refractivity contribution in [3.63, 3.8) is 0 Å². The van der Waals surface area contributed by atoms with Gasteiger partial charge in [-0.1, -0.05) is 51.4 Å². The second-order valence-electron chi connectivity index (χ2n) is 5.63. The summed E-state index contributed by atoms with van der Waals surface area (Å²) in [6.07, 6.45) is 16.5. The van der Waals surface area contributed by atoms with Crippen LogP contribution in [0.15, 0.2) is 0 Å². The number of ether oxygens (including phenoxy) is 1. The van der Waals surface area contributed by atoms with Crippen molar-refractivity contribution in [2.45, 2.75) is 82.7 Å². The van der Waals surface area contributed by atoms with E-state index >= 15 is 0 Å². The summed E-state index contributed by atoms with van der Waals surface area (Å²) in [5, 5.41) is 0. The fourth-order valence-corrected chi connectivity index (χ4v) is 3.61. The zero-order chi connectivity index (χ0) is 11.3. The van der Waals surface area contributed by atoms with E-state index in [9.17, 15) is 0 Å². The van der Waals surface area contributed by atoms with E-state index in [0.717, 1.165) is 0 Å². The highest BCUT2D eigenvalue weighted by molar-refractivity contribution is 5.10. The zero-order valence-electron chi connectivity index (χ0n) is 10.9. The number of hydrogen-bond donors (Lipinski definition) is 0. The van der Waals surface area contributed by atoms with Gasteiger partial charge in [0, 0.05) is 13.0 Å². The minimum atomic E-state index is 0.190. The van der Waals surface area contributed by atoms with Crippen LogP contribution in [0.5, 0.6) is 0 Å². The Bertz CT molecular complexity index is 186. The monoisotopic (exact) mass is 223 g/mol. The van der Waals surface area contributed by atoms with Crippen LogP contribution in [0, 0.1) is 5.92 Å². The Morgan fingerprint density at radius 1 is 0.750 bits per heavy atom. The first-order valence-corrected chi connectivity index (χ1v) is 7.28. The molecule has 2 rings (SSSR count). The van der Waals surface area contributed by atoms with Crippen molar-refractivity contribution in [1.29, 1.82) is 0 Å². The third-order valence-electron chi connectivity index (χ3n) is 4.65. The summed E-state index contributed by atoms with van der Waals surface area (Å²) in [6, 6.07) is 0. The smallest absolute Gasteiger partial charge is 0.0741 e. The van der Waals surface area contributed by atoms with Gasteiger partial charge in [0.1, 0.15) is 0 Å². The van der Waals surface area contributed by atoms with Gasteiger partial charge in [0.25, 0.3) is 0 Å². The molecule has 2 fully saturated rings. The summed E-state index contributed by atoms with van der Waals surface area (Å²) in [6.45, 7) is 0. The second kappa shape index (κ2) is 6.05. The van der Waals surface area contributed by atoms with E-state index in [-0.39, 0.29) is 5.60 Å². The summed E-state index contributed by atoms with van der Waals surface area (Å²) >= 11 is 0. The molecule has 0 heterocycles. The van der Waals surface area contributed by atoms with Crippen LogP contribution in [0.3, 0.4) is 0 Å². The highest BCUT2D eigenvalue weighted by Crippen LogP contribution is 2.44. The molecule has 2 aliphatic rings. The summed E-state index contributed by atoms with van der Waals surface area (Å²) < 4.78 is 5.98. The second-order valence-corrected chi connectivity index (χ2v) is 5.63. The SMILES string of the molecule is COC1([C]2CCCCCCC2)CCCCC1. The number of hydrogen-bond acceptors (Lipinski definition) is 1. The largest absolute Gasteiger partial charge is 0.378 e. The maximum atomic E-state index is 5.98. The molecular formula is C15H27O. The van der Waals surface area contributed by atoms with Crippen LogP contribution in [0.1, 0.15) is 77.0 Å². The van der Waals surface area contributed by atoms with Crippen molar-refractivity contribution < 1.29 is 4.74 Å². The molecule has 2 aliphatic carbocycles. The van der Waals surface area contributed by atoms with Gasteiger partial charge in [0.05, 0.1) is 5.60 Å². The summed E-state index contributed by atoms with van der Waals surface area (Å²) in [7, 11) is 1.94. The van der Waals surface area contributed by atoms with Gasteiger partial charge in [-0.15, -0.1) is 0 Å². The minimum absolute atomic E-state index is 0.190. The lowest BCUT2D eigenvalue weighted by molar-refractivity contribution is -0.0340. The highest BCUT2D eigenvalue weighted by Gasteiger charge is 2.39. The van der Waals surface area contributed by atoms with E-state index in [0.29, 0.717) is 0 Å². The van der Waals surface area contributed by atoms with Crippen molar-refractivity contribution in [2.75, 3.05) is 7.11 Å². The Labute approximate surface area is 101 Å². The van der Waals surface area contributed by atoms with E-state index in [1.165, 1.54) is 77.0 Å². The predicted octanol–water partition coefficient (Wildman–Crippen LogP) is 4.65. The molecule has 0 aliphatic heterocycles. The summed E-state index contributed by atoms with van der Waals surface area (Å²) in [5.74, 6) is 1.76. The Hall–Kier alpha value is -0.0400. The van der Waals surface area contributed by atoms with Crippen LogP contribution in [0.25, 0.3) is 0 Å². The van der Waals surface area contributed by atoms with Crippen LogP contribution < -0.4 is 0 Å². The van der Waals surface area contributed by atoms with E-state index in [2.05, 4.69) is 0 Å². The van der Waals surface area contributed by atoms with Crippen molar-refractivity contribution in [1.82, 2.24) is 0 Å². The molecule has 1 heteroatoms. The third kappa shape index (κ3) is 2.80. The number of methoxy groups -OCH3 is 1. The molecule has 0 aromatic heterocycles. The molecule has 0 spiro atoms. The van der Waals surface area contributed by atoms with Gasteiger partial charge in [-0.05, 0) is 25.7 Å². The molecule has 93 valence electrons. The predicted molar refractivity (Wildman–Crippen MR) is 68.4 cm³/mol. The van der Waals surface area contributed by atoms with E-state index in [4.69, 9.17) is 4.74 Å². The lowest BCUT2D eigenvalue weighted by atomic mass is 9.71. The van der Waals surface area contributed by atoms with Gasteiger partial charge < -0.3 is 4.74 Å². The van der Waals surface area contributed by atoms with Crippen LogP contribution in [0.2, 0.25) is 0 Å². The molecule has 0 unspecified atom stereocenters. The summed E-state index contributed by atoms with van der Waals surface area (Å²) in [5.41, 5.74) is 0.190. The van der Waals surface area contributed by atoms with Gasteiger partial charge in [-0.2, -0.15) is 0 Å². The van der Waals surface area contributed by atoms with Gasteiger partial charge in [-0.3, -0.25) is 0 Å². The first-order chi connectivity index (χ1) is 7.87. The zero-order valence-corrected chi connectivity index (χ0v) is 10.9. The van der Waals surface area contributed by atoms with Gasteiger partial charge in [0.2, 0.25) is 0 Å². The standard InChI is InChI=1S/C15H27O/c1-16-15(12-8-5-9-13-15)14-10-6-3-2-4-7-11-14/h2-13H2,1H3.